The second-order valence-corrected chi connectivity index (χ2v) is 8.57. The summed E-state index contributed by atoms with van der Waals surface area (Å²) in [4.78, 5) is 12.3. The molecular weight excluding hydrogens is 352 g/mol. The van der Waals surface area contributed by atoms with Gasteiger partial charge in [-0.2, -0.15) is 4.31 Å². The van der Waals surface area contributed by atoms with Gasteiger partial charge in [0, 0.05) is 24.7 Å². The normalized spacial score (nSPS) is 20.6. The van der Waals surface area contributed by atoms with E-state index in [2.05, 4.69) is 5.32 Å². The lowest BCUT2D eigenvalue weighted by molar-refractivity contribution is 0.0730. The molecular formula is C16H21ClN2O4S. The number of benzene rings is 1. The Morgan fingerprint density at radius 1 is 1.33 bits per heavy atom. The standard InChI is InChI=1S/C16H21ClN2O4S/c1-11(12-2-3-12)18-16(20)13-4-5-14(17)15(10-13)24(21,22)19-6-8-23-9-7-19/h4-5,10-12H,2-3,6-9H2,1H3,(H,18,20)/t11-/m1/s1. The molecule has 2 fully saturated rings. The molecule has 1 N–H and O–H groups in total. The highest BCUT2D eigenvalue weighted by atomic mass is 35.5. The first-order chi connectivity index (χ1) is 11.4. The zero-order chi connectivity index (χ0) is 17.3. The maximum atomic E-state index is 12.8. The predicted octanol–water partition coefficient (Wildman–Crippen LogP) is 1.89. The largest absolute Gasteiger partial charge is 0.379 e. The van der Waals surface area contributed by atoms with Crippen molar-refractivity contribution in [1.29, 1.82) is 0 Å². The van der Waals surface area contributed by atoms with Gasteiger partial charge in [-0.15, -0.1) is 0 Å². The van der Waals surface area contributed by atoms with E-state index in [1.54, 1.807) is 6.07 Å². The molecule has 0 aromatic heterocycles. The van der Waals surface area contributed by atoms with Crippen molar-refractivity contribution in [3.05, 3.63) is 28.8 Å². The molecule has 0 bridgehead atoms. The van der Waals surface area contributed by atoms with Crippen molar-refractivity contribution in [3.63, 3.8) is 0 Å². The number of carbonyl (C=O) groups excluding carboxylic acids is 1. The maximum absolute atomic E-state index is 12.8. The highest BCUT2D eigenvalue weighted by Crippen LogP contribution is 2.32. The Morgan fingerprint density at radius 2 is 2.00 bits per heavy atom. The van der Waals surface area contributed by atoms with Crippen LogP contribution in [0.4, 0.5) is 0 Å². The van der Waals surface area contributed by atoms with Gasteiger partial charge in [0.05, 0.1) is 18.2 Å². The number of carbonyl (C=O) groups is 1. The van der Waals surface area contributed by atoms with Crippen LogP contribution in [0.25, 0.3) is 0 Å². The Hall–Kier alpha value is -1.15. The highest BCUT2D eigenvalue weighted by Gasteiger charge is 2.31. The average molecular weight is 373 g/mol. The van der Waals surface area contributed by atoms with E-state index in [0.29, 0.717) is 24.7 Å². The number of sulfonamides is 1. The number of amides is 1. The number of nitrogens with one attached hydrogen (secondary N) is 1. The minimum Gasteiger partial charge on any atom is -0.379 e. The van der Waals surface area contributed by atoms with Crippen molar-refractivity contribution in [2.24, 2.45) is 5.92 Å². The summed E-state index contributed by atoms with van der Waals surface area (Å²) in [6, 6.07) is 4.47. The molecule has 1 saturated heterocycles. The molecule has 6 nitrogen and oxygen atoms in total. The second kappa shape index (κ2) is 7.00. The first-order valence-electron chi connectivity index (χ1n) is 8.08. The van der Waals surface area contributed by atoms with Crippen molar-refractivity contribution in [2.45, 2.75) is 30.7 Å². The van der Waals surface area contributed by atoms with Gasteiger partial charge in [-0.3, -0.25) is 4.79 Å². The first-order valence-corrected chi connectivity index (χ1v) is 9.89. The lowest BCUT2D eigenvalue weighted by Crippen LogP contribution is -2.40. The SMILES string of the molecule is C[C@@H](NC(=O)c1ccc(Cl)c(S(=O)(=O)N2CCOCC2)c1)C1CC1. The van der Waals surface area contributed by atoms with Gasteiger partial charge in [0.15, 0.2) is 0 Å². The summed E-state index contributed by atoms with van der Waals surface area (Å²) in [5, 5.41) is 3.04. The van der Waals surface area contributed by atoms with Crippen LogP contribution >= 0.6 is 11.6 Å². The van der Waals surface area contributed by atoms with Crippen molar-refractivity contribution >= 4 is 27.5 Å². The minimum absolute atomic E-state index is 0.0298. The summed E-state index contributed by atoms with van der Waals surface area (Å²) in [5.74, 6) is 0.252. The third-order valence-corrected chi connectivity index (χ3v) is 6.85. The molecule has 1 aromatic rings. The van der Waals surface area contributed by atoms with E-state index in [0.717, 1.165) is 12.8 Å². The Balaban J connectivity index is 1.83. The van der Waals surface area contributed by atoms with Gasteiger partial charge in [-0.1, -0.05) is 11.6 Å². The van der Waals surface area contributed by atoms with Gasteiger partial charge in [0.25, 0.3) is 5.91 Å². The fourth-order valence-corrected chi connectivity index (χ4v) is 4.68. The molecule has 132 valence electrons. The Kier molecular flexibility index (Phi) is 5.15. The molecule has 0 unspecified atom stereocenters. The fourth-order valence-electron chi connectivity index (χ4n) is 2.77. The molecule has 8 heteroatoms. The van der Waals surface area contributed by atoms with Gasteiger partial charge in [0.2, 0.25) is 10.0 Å². The lowest BCUT2D eigenvalue weighted by atomic mass is 10.1. The fraction of sp³-hybridized carbons (Fsp3) is 0.562. The van der Waals surface area contributed by atoms with Crippen LogP contribution in [-0.4, -0.2) is 51.0 Å². The number of nitrogens with zero attached hydrogens (tertiary/aromatic N) is 1. The number of rotatable bonds is 5. The quantitative estimate of drug-likeness (QED) is 0.856. The van der Waals surface area contributed by atoms with Crippen molar-refractivity contribution < 1.29 is 17.9 Å². The third-order valence-electron chi connectivity index (χ3n) is 4.47. The smallest absolute Gasteiger partial charge is 0.251 e. The number of ether oxygens (including phenoxy) is 1. The maximum Gasteiger partial charge on any atom is 0.251 e. The van der Waals surface area contributed by atoms with E-state index < -0.39 is 10.0 Å². The van der Waals surface area contributed by atoms with Crippen LogP contribution in [0.5, 0.6) is 0 Å². The summed E-state index contributed by atoms with van der Waals surface area (Å²) in [6.45, 7) is 3.25. The van der Waals surface area contributed by atoms with Crippen LogP contribution in [0.1, 0.15) is 30.1 Å². The molecule has 0 radical (unpaired) electrons. The molecule has 1 aliphatic carbocycles. The monoisotopic (exact) mass is 372 g/mol. The van der Waals surface area contributed by atoms with Crippen LogP contribution in [-0.2, 0) is 14.8 Å². The van der Waals surface area contributed by atoms with Crippen molar-refractivity contribution in [2.75, 3.05) is 26.3 Å². The molecule has 24 heavy (non-hydrogen) atoms. The van der Waals surface area contributed by atoms with Crippen LogP contribution in [0.15, 0.2) is 23.1 Å². The first kappa shape index (κ1) is 17.7. The molecule has 1 aromatic carbocycles. The third kappa shape index (κ3) is 3.74. The second-order valence-electron chi connectivity index (χ2n) is 6.26. The van der Waals surface area contributed by atoms with Gasteiger partial charge in [-0.25, -0.2) is 8.42 Å². The summed E-state index contributed by atoms with van der Waals surface area (Å²) in [5.41, 5.74) is 0.304. The molecule has 1 atom stereocenters. The zero-order valence-corrected chi connectivity index (χ0v) is 15.1. The van der Waals surface area contributed by atoms with E-state index in [1.165, 1.54) is 16.4 Å². The number of halogens is 1. The van der Waals surface area contributed by atoms with E-state index in [9.17, 15) is 13.2 Å². The lowest BCUT2D eigenvalue weighted by Gasteiger charge is -2.26. The van der Waals surface area contributed by atoms with Crippen molar-refractivity contribution in [1.82, 2.24) is 9.62 Å². The van der Waals surface area contributed by atoms with Crippen LogP contribution in [0, 0.1) is 5.92 Å². The number of morpholine rings is 1. The zero-order valence-electron chi connectivity index (χ0n) is 13.5. The molecule has 3 rings (SSSR count). The summed E-state index contributed by atoms with van der Waals surface area (Å²) < 4.78 is 32.1. The number of hydrogen-bond acceptors (Lipinski definition) is 4. The molecule has 2 aliphatic rings. The summed E-state index contributed by atoms with van der Waals surface area (Å²) in [6.07, 6.45) is 2.25. The van der Waals surface area contributed by atoms with Gasteiger partial charge >= 0.3 is 0 Å². The summed E-state index contributed by atoms with van der Waals surface area (Å²) in [7, 11) is -3.74. The minimum atomic E-state index is -3.74. The van der Waals surface area contributed by atoms with E-state index in [1.807, 2.05) is 6.92 Å². The summed E-state index contributed by atoms with van der Waals surface area (Å²) >= 11 is 6.10. The molecule has 0 spiro atoms. The highest BCUT2D eigenvalue weighted by molar-refractivity contribution is 7.89. The van der Waals surface area contributed by atoms with E-state index in [4.69, 9.17) is 16.3 Å². The Bertz CT molecular complexity index is 728. The van der Waals surface area contributed by atoms with E-state index >= 15 is 0 Å². The van der Waals surface area contributed by atoms with Gasteiger partial charge in [0.1, 0.15) is 4.90 Å². The topological polar surface area (TPSA) is 75.7 Å². The Morgan fingerprint density at radius 3 is 2.62 bits per heavy atom. The van der Waals surface area contributed by atoms with E-state index in [-0.39, 0.29) is 35.0 Å². The Labute approximate surface area is 147 Å². The van der Waals surface area contributed by atoms with Crippen molar-refractivity contribution in [3.8, 4) is 0 Å². The van der Waals surface area contributed by atoms with Gasteiger partial charge in [-0.05, 0) is 43.9 Å². The molecule has 1 aliphatic heterocycles. The number of hydrogen-bond donors (Lipinski definition) is 1. The molecule has 1 heterocycles. The molecule has 1 saturated carbocycles. The van der Waals surface area contributed by atoms with Gasteiger partial charge < -0.3 is 10.1 Å². The predicted molar refractivity (Wildman–Crippen MR) is 90.7 cm³/mol. The van der Waals surface area contributed by atoms with Crippen LogP contribution in [0.3, 0.4) is 0 Å². The van der Waals surface area contributed by atoms with Crippen LogP contribution in [0.2, 0.25) is 5.02 Å². The molecule has 1 amide bonds. The average Bonchev–Trinajstić information content (AvgIpc) is 3.40. The van der Waals surface area contributed by atoms with Crippen LogP contribution < -0.4 is 5.32 Å².